The van der Waals surface area contributed by atoms with Gasteiger partial charge in [-0.1, -0.05) is 36.4 Å². The number of ether oxygens (including phenoxy) is 1. The summed E-state index contributed by atoms with van der Waals surface area (Å²) in [4.78, 5) is 9.37. The van der Waals surface area contributed by atoms with Gasteiger partial charge in [-0.2, -0.15) is 0 Å². The highest BCUT2D eigenvalue weighted by Gasteiger charge is 2.16. The molecule has 4 heteroatoms. The molecule has 0 saturated carbocycles. The first-order valence-corrected chi connectivity index (χ1v) is 8.89. The number of para-hydroxylation sites is 2. The Labute approximate surface area is 148 Å². The minimum Gasteiger partial charge on any atom is -0.490 e. The number of anilines is 1. The lowest BCUT2D eigenvalue weighted by atomic mass is 10.2. The van der Waals surface area contributed by atoms with Gasteiger partial charge in [0.25, 0.3) is 0 Å². The Kier molecular flexibility index (Phi) is 4.79. The van der Waals surface area contributed by atoms with Crippen LogP contribution in [0.4, 0.5) is 5.69 Å². The minimum absolute atomic E-state index is 0.695. The summed E-state index contributed by atoms with van der Waals surface area (Å²) in [6.45, 7) is 5.94. The summed E-state index contributed by atoms with van der Waals surface area (Å²) >= 11 is 0. The molecule has 0 aliphatic carbocycles. The molecule has 1 fully saturated rings. The molecule has 2 aromatic carbocycles. The summed E-state index contributed by atoms with van der Waals surface area (Å²) in [5.41, 5.74) is 2.26. The molecule has 0 radical (unpaired) electrons. The second kappa shape index (κ2) is 7.53. The highest BCUT2D eigenvalue weighted by atomic mass is 16.5. The van der Waals surface area contributed by atoms with Gasteiger partial charge in [-0.25, -0.2) is 0 Å². The van der Waals surface area contributed by atoms with Gasteiger partial charge in [0.05, 0.1) is 0 Å². The SMILES string of the molecule is c1ccc(N2CCN(CCOc3cccc4cccnc34)CC2)cc1. The van der Waals surface area contributed by atoms with Gasteiger partial charge >= 0.3 is 0 Å². The molecule has 128 valence electrons. The summed E-state index contributed by atoms with van der Waals surface area (Å²) in [6, 6.07) is 20.8. The Morgan fingerprint density at radius 1 is 0.840 bits per heavy atom. The van der Waals surface area contributed by atoms with Crippen molar-refractivity contribution < 1.29 is 4.74 Å². The molecule has 1 aliphatic heterocycles. The first kappa shape index (κ1) is 15.9. The summed E-state index contributed by atoms with van der Waals surface area (Å²) in [7, 11) is 0. The number of pyridine rings is 1. The number of rotatable bonds is 5. The van der Waals surface area contributed by atoms with Crippen molar-refractivity contribution in [2.75, 3.05) is 44.2 Å². The van der Waals surface area contributed by atoms with E-state index in [0.717, 1.165) is 49.4 Å². The molecule has 4 nitrogen and oxygen atoms in total. The fraction of sp³-hybridized carbons (Fsp3) is 0.286. The van der Waals surface area contributed by atoms with Crippen molar-refractivity contribution in [1.82, 2.24) is 9.88 Å². The van der Waals surface area contributed by atoms with Crippen LogP contribution in [0.5, 0.6) is 5.75 Å². The third-order valence-corrected chi connectivity index (χ3v) is 4.75. The second-order valence-corrected chi connectivity index (χ2v) is 6.34. The van der Waals surface area contributed by atoms with Gasteiger partial charge in [-0.3, -0.25) is 9.88 Å². The van der Waals surface area contributed by atoms with Crippen LogP contribution in [0.2, 0.25) is 0 Å². The average Bonchev–Trinajstić information content (AvgIpc) is 2.69. The van der Waals surface area contributed by atoms with Crippen LogP contribution < -0.4 is 9.64 Å². The molecular formula is C21H23N3O. The summed E-state index contributed by atoms with van der Waals surface area (Å²) in [5, 5.41) is 1.12. The van der Waals surface area contributed by atoms with Crippen LogP contribution >= 0.6 is 0 Å². The van der Waals surface area contributed by atoms with Crippen LogP contribution in [0.1, 0.15) is 0 Å². The molecule has 3 aromatic rings. The van der Waals surface area contributed by atoms with E-state index < -0.39 is 0 Å². The molecule has 0 unspecified atom stereocenters. The topological polar surface area (TPSA) is 28.6 Å². The highest BCUT2D eigenvalue weighted by molar-refractivity contribution is 5.84. The largest absolute Gasteiger partial charge is 0.490 e. The van der Waals surface area contributed by atoms with Gasteiger partial charge in [-0.05, 0) is 24.3 Å². The number of hydrogen-bond acceptors (Lipinski definition) is 4. The Balaban J connectivity index is 1.28. The lowest BCUT2D eigenvalue weighted by Crippen LogP contribution is -2.47. The Morgan fingerprint density at radius 2 is 1.64 bits per heavy atom. The van der Waals surface area contributed by atoms with Gasteiger partial charge in [0.1, 0.15) is 17.9 Å². The standard InChI is InChI=1S/C21H23N3O/c1-2-8-19(9-3-1)24-14-12-23(13-15-24)16-17-25-20-10-4-6-18-7-5-11-22-21(18)20/h1-11H,12-17H2. The van der Waals surface area contributed by atoms with Crippen LogP contribution in [0.25, 0.3) is 10.9 Å². The number of nitrogens with zero attached hydrogens (tertiary/aromatic N) is 3. The van der Waals surface area contributed by atoms with E-state index in [1.54, 1.807) is 0 Å². The normalized spacial score (nSPS) is 15.4. The molecular weight excluding hydrogens is 310 g/mol. The zero-order valence-electron chi connectivity index (χ0n) is 14.3. The fourth-order valence-corrected chi connectivity index (χ4v) is 3.35. The molecule has 0 bridgehead atoms. The molecule has 0 N–H and O–H groups in total. The molecule has 0 atom stereocenters. The van der Waals surface area contributed by atoms with Crippen molar-refractivity contribution in [2.24, 2.45) is 0 Å². The minimum atomic E-state index is 0.695. The van der Waals surface area contributed by atoms with E-state index in [1.807, 2.05) is 24.4 Å². The predicted molar refractivity (Wildman–Crippen MR) is 102 cm³/mol. The summed E-state index contributed by atoms with van der Waals surface area (Å²) in [6.07, 6.45) is 1.82. The number of aromatic nitrogens is 1. The maximum absolute atomic E-state index is 6.02. The molecule has 0 amide bonds. The Hall–Kier alpha value is -2.59. The molecule has 1 aromatic heterocycles. The first-order chi connectivity index (χ1) is 12.4. The van der Waals surface area contributed by atoms with Gasteiger partial charge in [0, 0.05) is 50.0 Å². The van der Waals surface area contributed by atoms with Crippen molar-refractivity contribution in [3.05, 3.63) is 66.9 Å². The van der Waals surface area contributed by atoms with Crippen LogP contribution in [-0.2, 0) is 0 Å². The van der Waals surface area contributed by atoms with E-state index in [-0.39, 0.29) is 0 Å². The van der Waals surface area contributed by atoms with Crippen molar-refractivity contribution in [3.8, 4) is 5.75 Å². The third kappa shape index (κ3) is 3.74. The molecule has 1 saturated heterocycles. The van der Waals surface area contributed by atoms with Crippen LogP contribution in [0, 0.1) is 0 Å². The summed E-state index contributed by atoms with van der Waals surface area (Å²) < 4.78 is 6.02. The maximum atomic E-state index is 6.02. The van der Waals surface area contributed by atoms with Gasteiger partial charge < -0.3 is 9.64 Å². The van der Waals surface area contributed by atoms with E-state index in [4.69, 9.17) is 4.74 Å². The highest BCUT2D eigenvalue weighted by Crippen LogP contribution is 2.23. The number of benzene rings is 2. The quantitative estimate of drug-likeness (QED) is 0.715. The fourth-order valence-electron chi connectivity index (χ4n) is 3.35. The van der Waals surface area contributed by atoms with E-state index in [0.29, 0.717) is 6.61 Å². The van der Waals surface area contributed by atoms with Crippen LogP contribution in [0.3, 0.4) is 0 Å². The lowest BCUT2D eigenvalue weighted by Gasteiger charge is -2.36. The molecule has 25 heavy (non-hydrogen) atoms. The van der Waals surface area contributed by atoms with Crippen LogP contribution in [-0.4, -0.2) is 49.2 Å². The van der Waals surface area contributed by atoms with Gasteiger partial charge in [-0.15, -0.1) is 0 Å². The molecule has 1 aliphatic rings. The zero-order valence-corrected chi connectivity index (χ0v) is 14.3. The van der Waals surface area contributed by atoms with E-state index in [2.05, 4.69) is 57.2 Å². The second-order valence-electron chi connectivity index (χ2n) is 6.34. The number of piperazine rings is 1. The molecule has 0 spiro atoms. The maximum Gasteiger partial charge on any atom is 0.145 e. The zero-order chi connectivity index (χ0) is 16.9. The van der Waals surface area contributed by atoms with Gasteiger partial charge in [0.15, 0.2) is 0 Å². The average molecular weight is 333 g/mol. The van der Waals surface area contributed by atoms with E-state index in [9.17, 15) is 0 Å². The monoisotopic (exact) mass is 333 g/mol. The number of fused-ring (bicyclic) bond motifs is 1. The van der Waals surface area contributed by atoms with E-state index >= 15 is 0 Å². The Bertz CT molecular complexity index is 808. The number of hydrogen-bond donors (Lipinski definition) is 0. The van der Waals surface area contributed by atoms with Crippen molar-refractivity contribution in [3.63, 3.8) is 0 Å². The third-order valence-electron chi connectivity index (χ3n) is 4.75. The Morgan fingerprint density at radius 3 is 2.48 bits per heavy atom. The molecule has 2 heterocycles. The summed E-state index contributed by atoms with van der Waals surface area (Å²) in [5.74, 6) is 0.876. The van der Waals surface area contributed by atoms with Crippen molar-refractivity contribution >= 4 is 16.6 Å². The van der Waals surface area contributed by atoms with Crippen molar-refractivity contribution in [2.45, 2.75) is 0 Å². The first-order valence-electron chi connectivity index (χ1n) is 8.89. The van der Waals surface area contributed by atoms with Crippen molar-refractivity contribution in [1.29, 1.82) is 0 Å². The van der Waals surface area contributed by atoms with E-state index in [1.165, 1.54) is 5.69 Å². The smallest absolute Gasteiger partial charge is 0.145 e. The lowest BCUT2D eigenvalue weighted by molar-refractivity contribution is 0.201. The van der Waals surface area contributed by atoms with Crippen LogP contribution in [0.15, 0.2) is 66.9 Å². The predicted octanol–water partition coefficient (Wildman–Crippen LogP) is 3.44. The van der Waals surface area contributed by atoms with Gasteiger partial charge in [0.2, 0.25) is 0 Å². The molecule has 4 rings (SSSR count).